The second kappa shape index (κ2) is 6.37. The van der Waals surface area contributed by atoms with Crippen LogP contribution >= 0.6 is 0 Å². The van der Waals surface area contributed by atoms with Gasteiger partial charge >= 0.3 is 6.18 Å². The van der Waals surface area contributed by atoms with Crippen molar-refractivity contribution in [3.8, 4) is 5.75 Å². The van der Waals surface area contributed by atoms with E-state index in [0.29, 0.717) is 29.9 Å². The Balaban J connectivity index is 1.73. The van der Waals surface area contributed by atoms with Crippen LogP contribution in [0.4, 0.5) is 13.2 Å². The Labute approximate surface area is 137 Å². The third kappa shape index (κ3) is 3.34. The highest BCUT2D eigenvalue weighted by Crippen LogP contribution is 2.33. The highest BCUT2D eigenvalue weighted by molar-refractivity contribution is 5.88. The van der Waals surface area contributed by atoms with Gasteiger partial charge in [0.05, 0.1) is 25.7 Å². The maximum atomic E-state index is 12.9. The molecule has 1 atom stereocenters. The highest BCUT2D eigenvalue weighted by Gasteiger charge is 2.42. The van der Waals surface area contributed by atoms with Gasteiger partial charge in [0.15, 0.2) is 0 Å². The molecule has 3 rings (SSSR count). The highest BCUT2D eigenvalue weighted by atomic mass is 19.4. The van der Waals surface area contributed by atoms with Gasteiger partial charge in [0.2, 0.25) is 5.91 Å². The molecule has 130 valence electrons. The molecule has 1 fully saturated rings. The van der Waals surface area contributed by atoms with E-state index in [1.807, 2.05) is 0 Å². The van der Waals surface area contributed by atoms with Gasteiger partial charge in [0.25, 0.3) is 0 Å². The summed E-state index contributed by atoms with van der Waals surface area (Å²) in [5.74, 6) is -1.10. The number of hydrogen-bond donors (Lipinski definition) is 0. The molecule has 1 amide bonds. The third-order valence-corrected chi connectivity index (χ3v) is 4.44. The SMILES string of the molecule is COc1ccc2c(CC(=O)N3CCCC(C(F)(F)F)C3)coc2c1. The van der Waals surface area contributed by atoms with Gasteiger partial charge in [0, 0.05) is 30.1 Å². The summed E-state index contributed by atoms with van der Waals surface area (Å²) in [4.78, 5) is 13.7. The summed E-state index contributed by atoms with van der Waals surface area (Å²) in [6.07, 6.45) is -2.28. The van der Waals surface area contributed by atoms with Gasteiger partial charge < -0.3 is 14.1 Å². The summed E-state index contributed by atoms with van der Waals surface area (Å²) >= 11 is 0. The summed E-state index contributed by atoms with van der Waals surface area (Å²) in [5.41, 5.74) is 1.26. The van der Waals surface area contributed by atoms with Gasteiger partial charge in [-0.05, 0) is 25.0 Å². The van der Waals surface area contributed by atoms with Gasteiger partial charge in [-0.15, -0.1) is 0 Å². The number of piperidine rings is 1. The normalized spacial score (nSPS) is 18.8. The molecular weight excluding hydrogens is 323 g/mol. The predicted molar refractivity (Wildman–Crippen MR) is 81.8 cm³/mol. The summed E-state index contributed by atoms with van der Waals surface area (Å²) < 4.78 is 49.1. The van der Waals surface area contributed by atoms with E-state index in [-0.39, 0.29) is 25.3 Å². The summed E-state index contributed by atoms with van der Waals surface area (Å²) in [6, 6.07) is 5.26. The van der Waals surface area contributed by atoms with Crippen molar-refractivity contribution < 1.29 is 27.1 Å². The van der Waals surface area contributed by atoms with Crippen LogP contribution in [0.25, 0.3) is 11.0 Å². The van der Waals surface area contributed by atoms with E-state index < -0.39 is 12.1 Å². The van der Waals surface area contributed by atoms with Crippen LogP contribution in [0.3, 0.4) is 0 Å². The number of carbonyl (C=O) groups excluding carboxylic acids is 1. The molecule has 1 aliphatic rings. The zero-order valence-corrected chi connectivity index (χ0v) is 13.2. The molecule has 2 heterocycles. The van der Waals surface area contributed by atoms with Crippen LogP contribution in [0.5, 0.6) is 5.75 Å². The molecule has 7 heteroatoms. The molecule has 0 spiro atoms. The van der Waals surface area contributed by atoms with Crippen molar-refractivity contribution >= 4 is 16.9 Å². The molecule has 1 aromatic carbocycles. The minimum atomic E-state index is -4.25. The van der Waals surface area contributed by atoms with Gasteiger partial charge in [-0.2, -0.15) is 13.2 Å². The van der Waals surface area contributed by atoms with Crippen LogP contribution in [-0.4, -0.2) is 37.2 Å². The Morgan fingerprint density at radius 1 is 1.42 bits per heavy atom. The smallest absolute Gasteiger partial charge is 0.393 e. The maximum absolute atomic E-state index is 12.9. The van der Waals surface area contributed by atoms with Crippen LogP contribution < -0.4 is 4.74 Å². The number of furan rings is 1. The summed E-state index contributed by atoms with van der Waals surface area (Å²) in [6.45, 7) is 0.112. The number of ether oxygens (including phenoxy) is 1. The van der Waals surface area contributed by atoms with E-state index in [1.54, 1.807) is 25.3 Å². The molecule has 4 nitrogen and oxygen atoms in total. The van der Waals surface area contributed by atoms with E-state index in [2.05, 4.69) is 0 Å². The molecular formula is C17H18F3NO3. The van der Waals surface area contributed by atoms with E-state index in [9.17, 15) is 18.0 Å². The number of alkyl halides is 3. The molecule has 24 heavy (non-hydrogen) atoms. The zero-order chi connectivity index (χ0) is 17.3. The number of likely N-dealkylation sites (tertiary alicyclic amines) is 1. The van der Waals surface area contributed by atoms with Crippen LogP contribution in [0.15, 0.2) is 28.9 Å². The molecule has 0 bridgehead atoms. The van der Waals surface area contributed by atoms with E-state index in [0.717, 1.165) is 5.39 Å². The van der Waals surface area contributed by atoms with Crippen molar-refractivity contribution in [2.45, 2.75) is 25.4 Å². The molecule has 2 aromatic rings. The number of carbonyl (C=O) groups is 1. The number of halogens is 3. The van der Waals surface area contributed by atoms with Crippen molar-refractivity contribution in [2.24, 2.45) is 5.92 Å². The molecule has 0 saturated carbocycles. The first-order valence-electron chi connectivity index (χ1n) is 7.77. The van der Waals surface area contributed by atoms with Crippen LogP contribution in [0.2, 0.25) is 0 Å². The maximum Gasteiger partial charge on any atom is 0.393 e. The lowest BCUT2D eigenvalue weighted by molar-refractivity contribution is -0.187. The molecule has 0 radical (unpaired) electrons. The number of benzene rings is 1. The molecule has 0 N–H and O–H groups in total. The fraction of sp³-hybridized carbons (Fsp3) is 0.471. The number of fused-ring (bicyclic) bond motifs is 1. The van der Waals surface area contributed by atoms with Crippen molar-refractivity contribution in [3.05, 3.63) is 30.0 Å². The predicted octanol–water partition coefficient (Wildman–Crippen LogP) is 3.78. The monoisotopic (exact) mass is 341 g/mol. The lowest BCUT2D eigenvalue weighted by atomic mass is 9.97. The van der Waals surface area contributed by atoms with Crippen molar-refractivity contribution in [1.82, 2.24) is 4.90 Å². The standard InChI is InChI=1S/C17H18F3NO3/c1-23-13-4-5-14-11(10-24-15(14)8-13)7-16(22)21-6-2-3-12(9-21)17(18,19)20/h4-5,8,10,12H,2-3,6-7,9H2,1H3. The van der Waals surface area contributed by atoms with Crippen LogP contribution in [0, 0.1) is 5.92 Å². The molecule has 1 aliphatic heterocycles. The van der Waals surface area contributed by atoms with Crippen molar-refractivity contribution in [3.63, 3.8) is 0 Å². The van der Waals surface area contributed by atoms with Crippen molar-refractivity contribution in [1.29, 1.82) is 0 Å². The first kappa shape index (κ1) is 16.7. The fourth-order valence-corrected chi connectivity index (χ4v) is 3.07. The quantitative estimate of drug-likeness (QED) is 0.853. The lowest BCUT2D eigenvalue weighted by Gasteiger charge is -2.33. The minimum absolute atomic E-state index is 0.0317. The first-order valence-corrected chi connectivity index (χ1v) is 7.77. The Hall–Kier alpha value is -2.18. The van der Waals surface area contributed by atoms with Gasteiger partial charge in [-0.3, -0.25) is 4.79 Å². The Morgan fingerprint density at radius 2 is 2.21 bits per heavy atom. The van der Waals surface area contributed by atoms with Crippen LogP contribution in [0.1, 0.15) is 18.4 Å². The average Bonchev–Trinajstić information content (AvgIpc) is 2.96. The average molecular weight is 341 g/mol. The summed E-state index contributed by atoms with van der Waals surface area (Å²) in [5, 5.41) is 0.772. The fourth-order valence-electron chi connectivity index (χ4n) is 3.07. The molecule has 1 aromatic heterocycles. The number of amides is 1. The van der Waals surface area contributed by atoms with E-state index in [4.69, 9.17) is 9.15 Å². The number of hydrogen-bond acceptors (Lipinski definition) is 3. The Morgan fingerprint density at radius 3 is 2.92 bits per heavy atom. The number of rotatable bonds is 3. The van der Waals surface area contributed by atoms with E-state index in [1.165, 1.54) is 11.2 Å². The molecule has 1 unspecified atom stereocenters. The zero-order valence-electron chi connectivity index (χ0n) is 13.2. The second-order valence-corrected chi connectivity index (χ2v) is 6.02. The van der Waals surface area contributed by atoms with E-state index >= 15 is 0 Å². The molecule has 1 saturated heterocycles. The second-order valence-electron chi connectivity index (χ2n) is 6.02. The third-order valence-electron chi connectivity index (χ3n) is 4.44. The van der Waals surface area contributed by atoms with Crippen LogP contribution in [-0.2, 0) is 11.2 Å². The van der Waals surface area contributed by atoms with Gasteiger partial charge in [-0.1, -0.05) is 0 Å². The van der Waals surface area contributed by atoms with Gasteiger partial charge in [0.1, 0.15) is 11.3 Å². The summed E-state index contributed by atoms with van der Waals surface area (Å²) in [7, 11) is 1.54. The first-order chi connectivity index (χ1) is 11.4. The number of nitrogens with zero attached hydrogens (tertiary/aromatic N) is 1. The molecule has 0 aliphatic carbocycles. The number of methoxy groups -OCH3 is 1. The minimum Gasteiger partial charge on any atom is -0.497 e. The Bertz CT molecular complexity index is 738. The van der Waals surface area contributed by atoms with Gasteiger partial charge in [-0.25, -0.2) is 0 Å². The topological polar surface area (TPSA) is 42.7 Å². The lowest BCUT2D eigenvalue weighted by Crippen LogP contribution is -2.45. The Kier molecular flexibility index (Phi) is 4.43. The largest absolute Gasteiger partial charge is 0.497 e. The van der Waals surface area contributed by atoms with Crippen molar-refractivity contribution in [2.75, 3.05) is 20.2 Å².